The van der Waals surface area contributed by atoms with Crippen LogP contribution in [0, 0.1) is 5.92 Å². The maximum Gasteiger partial charge on any atom is 0.240 e. The van der Waals surface area contributed by atoms with Crippen LogP contribution in [0.1, 0.15) is 100 Å². The average molecular weight is 766 g/mol. The minimum Gasteiger partial charge on any atom is -0.392 e. The molecule has 0 aromatic heterocycles. The van der Waals surface area contributed by atoms with Gasteiger partial charge in [-0.3, -0.25) is 9.69 Å². The largest absolute Gasteiger partial charge is 0.392 e. The first-order valence-corrected chi connectivity index (χ1v) is 21.3. The highest BCUT2D eigenvalue weighted by molar-refractivity contribution is 7.89. The molecular weight excluding hydrogens is 711 g/mol. The van der Waals surface area contributed by atoms with Gasteiger partial charge >= 0.3 is 0 Å². The first kappa shape index (κ1) is 39.3. The van der Waals surface area contributed by atoms with Crippen LogP contribution in [0.5, 0.6) is 0 Å². The molecule has 292 valence electrons. The van der Waals surface area contributed by atoms with Gasteiger partial charge in [-0.15, -0.1) is 0 Å². The number of fused-ring (bicyclic) bond motifs is 1. The summed E-state index contributed by atoms with van der Waals surface area (Å²) in [4.78, 5) is 16.5. The fourth-order valence-electron chi connectivity index (χ4n) is 8.63. The molecule has 10 heteroatoms. The van der Waals surface area contributed by atoms with Gasteiger partial charge in [0.2, 0.25) is 15.9 Å². The number of piperidine rings is 1. The van der Waals surface area contributed by atoms with E-state index < -0.39 is 16.3 Å². The molecule has 6 atom stereocenters. The number of hydrogen-bond acceptors (Lipinski definition) is 7. The topological polar surface area (TPSA) is 117 Å². The smallest absolute Gasteiger partial charge is 0.240 e. The third kappa shape index (κ3) is 9.56. The molecule has 7 rings (SSSR count). The van der Waals surface area contributed by atoms with Crippen LogP contribution < -0.4 is 10.0 Å². The number of likely N-dealkylation sites (tertiary alicyclic amines) is 1. The Bertz CT molecular complexity index is 2000. The lowest BCUT2D eigenvalue weighted by Gasteiger charge is -2.50. The fourth-order valence-corrected chi connectivity index (χ4v) is 9.65. The molecule has 4 aromatic carbocycles. The van der Waals surface area contributed by atoms with Crippen molar-refractivity contribution in [3.63, 3.8) is 0 Å². The van der Waals surface area contributed by atoms with E-state index in [1.807, 2.05) is 93.6 Å². The number of aliphatic hydroxyl groups excluding tert-OH is 1. The van der Waals surface area contributed by atoms with Gasteiger partial charge in [0.15, 0.2) is 6.29 Å². The van der Waals surface area contributed by atoms with Crippen LogP contribution in [-0.4, -0.2) is 54.6 Å². The highest BCUT2D eigenvalue weighted by atomic mass is 32.2. The fraction of sp³-hybridized carbons (Fsp3) is 0.444. The van der Waals surface area contributed by atoms with Gasteiger partial charge in [0.1, 0.15) is 0 Å². The van der Waals surface area contributed by atoms with E-state index in [2.05, 4.69) is 14.9 Å². The van der Waals surface area contributed by atoms with Crippen molar-refractivity contribution in [2.45, 2.75) is 120 Å². The molecule has 55 heavy (non-hydrogen) atoms. The quantitative estimate of drug-likeness (QED) is 0.143. The Morgan fingerprint density at radius 3 is 2.24 bits per heavy atom. The van der Waals surface area contributed by atoms with Gasteiger partial charge in [-0.25, -0.2) is 13.1 Å². The van der Waals surface area contributed by atoms with Gasteiger partial charge < -0.3 is 19.9 Å². The number of hydrogen-bond donors (Lipinski definition) is 3. The van der Waals surface area contributed by atoms with Gasteiger partial charge in [0.05, 0.1) is 29.8 Å². The van der Waals surface area contributed by atoms with Gasteiger partial charge in [0, 0.05) is 36.7 Å². The predicted molar refractivity (Wildman–Crippen MR) is 214 cm³/mol. The minimum atomic E-state index is -3.67. The first-order valence-electron chi connectivity index (χ1n) is 19.8. The van der Waals surface area contributed by atoms with E-state index >= 15 is 0 Å². The number of carbonyl (C=O) groups is 1. The van der Waals surface area contributed by atoms with Crippen LogP contribution in [0.15, 0.2) is 108 Å². The molecule has 1 saturated carbocycles. The molecule has 3 N–H and O–H groups in total. The predicted octanol–water partition coefficient (Wildman–Crippen LogP) is 7.81. The van der Waals surface area contributed by atoms with E-state index in [1.54, 1.807) is 30.3 Å². The van der Waals surface area contributed by atoms with Gasteiger partial charge in [0.25, 0.3) is 0 Å². The Morgan fingerprint density at radius 1 is 0.818 bits per heavy atom. The number of nitrogens with zero attached hydrogens (tertiary/aromatic N) is 1. The zero-order chi connectivity index (χ0) is 38.6. The molecule has 1 aliphatic carbocycles. The maximum atomic E-state index is 13.8. The third-order valence-electron chi connectivity index (χ3n) is 11.4. The van der Waals surface area contributed by atoms with E-state index in [0.717, 1.165) is 52.6 Å². The number of rotatable bonds is 11. The van der Waals surface area contributed by atoms with Crippen LogP contribution >= 0.6 is 0 Å². The summed E-state index contributed by atoms with van der Waals surface area (Å²) in [6.07, 6.45) is 6.22. The Labute approximate surface area is 326 Å². The zero-order valence-electron chi connectivity index (χ0n) is 32.2. The summed E-state index contributed by atoms with van der Waals surface area (Å²) in [5, 5.41) is 13.0. The first-order chi connectivity index (χ1) is 26.5. The average Bonchev–Trinajstić information content (AvgIpc) is 3.20. The molecule has 1 amide bonds. The highest BCUT2D eigenvalue weighted by Crippen LogP contribution is 2.42. The second kappa shape index (κ2) is 17.1. The van der Waals surface area contributed by atoms with E-state index in [9.17, 15) is 18.3 Å². The molecule has 0 radical (unpaired) electrons. The normalized spacial score (nSPS) is 24.9. The third-order valence-corrected chi connectivity index (χ3v) is 12.8. The van der Waals surface area contributed by atoms with Crippen LogP contribution in [0.3, 0.4) is 0 Å². The summed E-state index contributed by atoms with van der Waals surface area (Å²) in [6.45, 7) is 6.88. The molecule has 2 heterocycles. The number of ether oxygens (including phenoxy) is 2. The number of benzene rings is 4. The molecule has 4 aromatic rings. The van der Waals surface area contributed by atoms with Crippen molar-refractivity contribution in [2.75, 3.05) is 6.54 Å². The van der Waals surface area contributed by atoms with Crippen molar-refractivity contribution < 1.29 is 27.8 Å². The van der Waals surface area contributed by atoms with Crippen LogP contribution in [0.2, 0.25) is 0 Å². The molecule has 0 bridgehead atoms. The van der Waals surface area contributed by atoms with Crippen LogP contribution in [0.4, 0.5) is 0 Å². The molecule has 2 aliphatic heterocycles. The molecule has 0 spiro atoms. The number of amides is 1. The van der Waals surface area contributed by atoms with Gasteiger partial charge in [-0.1, -0.05) is 104 Å². The monoisotopic (exact) mass is 765 g/mol. The van der Waals surface area contributed by atoms with Crippen molar-refractivity contribution in [1.82, 2.24) is 14.9 Å². The Balaban J connectivity index is 1.14. The zero-order valence-corrected chi connectivity index (χ0v) is 33.0. The molecule has 3 fully saturated rings. The van der Waals surface area contributed by atoms with E-state index in [1.165, 1.54) is 19.3 Å². The lowest BCUT2D eigenvalue weighted by Crippen LogP contribution is -2.61. The standard InChI is InChI=1S/C45H55N3O6S/c1-45(2,3)47-43(50)41-26-25-33-11-8-10-16-40(33)48(41)29-37-27-42(34-19-17-31(30-49)18-20-34)54-44(53-37)35-23-21-32(22-24-35)39-15-9-7-12-36(39)28-46-55(51,52)38-13-5-4-6-14-38/h4-7,9,12-15,17-24,33,37,40-42,44,46,49H,8,10-11,16,25-30H2,1-3H3,(H,47,50)/t33-,37+,40-,41-,42-,44-/m1/s1. The van der Waals surface area contributed by atoms with Crippen molar-refractivity contribution in [1.29, 1.82) is 0 Å². The van der Waals surface area contributed by atoms with Crippen LogP contribution in [-0.2, 0) is 37.4 Å². The van der Waals surface area contributed by atoms with Crippen molar-refractivity contribution in [2.24, 2.45) is 5.92 Å². The maximum absolute atomic E-state index is 13.8. The van der Waals surface area contributed by atoms with E-state index in [4.69, 9.17) is 9.47 Å². The van der Waals surface area contributed by atoms with E-state index in [0.29, 0.717) is 24.9 Å². The number of aliphatic hydroxyl groups is 1. The number of carbonyl (C=O) groups excluding carboxylic acids is 1. The SMILES string of the molecule is CC(C)(C)NC(=O)[C@H]1CC[C@H]2CCCC[C@H]2N1C[C@@H]1C[C@H](c2ccc(CO)cc2)O[C@H](c2ccc(-c3ccccc3CNS(=O)(=O)c3ccccc3)cc2)O1. The van der Waals surface area contributed by atoms with Crippen molar-refractivity contribution in [3.8, 4) is 11.1 Å². The molecule has 2 saturated heterocycles. The van der Waals surface area contributed by atoms with Crippen molar-refractivity contribution in [3.05, 3.63) is 125 Å². The molecule has 0 unspecified atom stereocenters. The van der Waals surface area contributed by atoms with Crippen molar-refractivity contribution >= 4 is 15.9 Å². The molecular formula is C45H55N3O6S. The summed E-state index contributed by atoms with van der Waals surface area (Å²) in [7, 11) is -3.67. The highest BCUT2D eigenvalue weighted by Gasteiger charge is 2.44. The second-order valence-corrected chi connectivity index (χ2v) is 18.2. The summed E-state index contributed by atoms with van der Waals surface area (Å²) in [6, 6.07) is 32.4. The Morgan fingerprint density at radius 2 is 1.51 bits per heavy atom. The van der Waals surface area contributed by atoms with Gasteiger partial charge in [-0.05, 0) is 92.3 Å². The van der Waals surface area contributed by atoms with E-state index in [-0.39, 0.29) is 47.7 Å². The summed E-state index contributed by atoms with van der Waals surface area (Å²) >= 11 is 0. The minimum absolute atomic E-state index is 0.0237. The summed E-state index contributed by atoms with van der Waals surface area (Å²) in [5.74, 6) is 0.689. The number of nitrogens with one attached hydrogen (secondary N) is 2. The Kier molecular flexibility index (Phi) is 12.2. The lowest BCUT2D eigenvalue weighted by atomic mass is 9.75. The lowest BCUT2D eigenvalue weighted by molar-refractivity contribution is -0.255. The second-order valence-electron chi connectivity index (χ2n) is 16.4. The van der Waals surface area contributed by atoms with Crippen LogP contribution in [0.25, 0.3) is 11.1 Å². The summed E-state index contributed by atoms with van der Waals surface area (Å²) < 4.78 is 42.3. The number of sulfonamides is 1. The summed E-state index contributed by atoms with van der Waals surface area (Å²) in [5.41, 5.74) is 5.17. The van der Waals surface area contributed by atoms with Gasteiger partial charge in [-0.2, -0.15) is 0 Å². The Hall–Kier alpha value is -3.90. The molecule has 3 aliphatic rings. The molecule has 9 nitrogen and oxygen atoms in total.